The van der Waals surface area contributed by atoms with E-state index in [2.05, 4.69) is 16.3 Å². The summed E-state index contributed by atoms with van der Waals surface area (Å²) in [5, 5.41) is 5.59. The number of methoxy groups -OCH3 is 1. The average molecular weight is 373 g/mol. The van der Waals surface area contributed by atoms with Gasteiger partial charge in [-0.3, -0.25) is 4.79 Å². The zero-order chi connectivity index (χ0) is 17.0. The van der Waals surface area contributed by atoms with Crippen LogP contribution >= 0.6 is 34.5 Å². The molecule has 0 bridgehead atoms. The zero-order valence-corrected chi connectivity index (χ0v) is 15.4. The molecule has 7 heteroatoms. The molecular formula is C16H18Cl2N2O2S. The van der Waals surface area contributed by atoms with Crippen molar-refractivity contribution in [2.75, 3.05) is 27.7 Å². The number of benzene rings is 1. The second-order valence-corrected chi connectivity index (χ2v) is 6.94. The number of nitrogens with zero attached hydrogens (tertiary/aromatic N) is 1. The largest absolute Gasteiger partial charge is 0.494 e. The van der Waals surface area contributed by atoms with Gasteiger partial charge in [0, 0.05) is 11.4 Å². The third kappa shape index (κ3) is 4.18. The van der Waals surface area contributed by atoms with E-state index in [1.54, 1.807) is 23.5 Å². The molecule has 1 aromatic carbocycles. The van der Waals surface area contributed by atoms with Crippen LogP contribution in [0.1, 0.15) is 21.3 Å². The van der Waals surface area contributed by atoms with Crippen molar-refractivity contribution >= 4 is 40.4 Å². The summed E-state index contributed by atoms with van der Waals surface area (Å²) in [5.41, 5.74) is 0.255. The number of amides is 1. The zero-order valence-electron chi connectivity index (χ0n) is 13.1. The molecule has 0 saturated carbocycles. The molecular weight excluding hydrogens is 355 g/mol. The molecule has 0 radical (unpaired) electrons. The number of thiophene rings is 1. The number of likely N-dealkylation sites (N-methyl/N-ethyl adjacent to an activating group) is 1. The van der Waals surface area contributed by atoms with Crippen molar-refractivity contribution in [3.8, 4) is 5.75 Å². The molecule has 1 amide bonds. The topological polar surface area (TPSA) is 41.6 Å². The maximum atomic E-state index is 12.5. The smallest absolute Gasteiger partial charge is 0.256 e. The summed E-state index contributed by atoms with van der Waals surface area (Å²) >= 11 is 13.9. The summed E-state index contributed by atoms with van der Waals surface area (Å²) in [4.78, 5) is 15.8. The van der Waals surface area contributed by atoms with Gasteiger partial charge in [-0.2, -0.15) is 0 Å². The van der Waals surface area contributed by atoms with Crippen LogP contribution < -0.4 is 10.1 Å². The second-order valence-electron chi connectivity index (χ2n) is 5.14. The molecule has 0 aliphatic heterocycles. The summed E-state index contributed by atoms with van der Waals surface area (Å²) in [6, 6.07) is 7.32. The first kappa shape index (κ1) is 18.1. The van der Waals surface area contributed by atoms with Gasteiger partial charge in [-0.15, -0.1) is 11.3 Å². The van der Waals surface area contributed by atoms with Crippen LogP contribution in [0.5, 0.6) is 5.75 Å². The number of nitrogens with one attached hydrogen (secondary N) is 1. The van der Waals surface area contributed by atoms with Crippen LogP contribution in [0.15, 0.2) is 29.6 Å². The van der Waals surface area contributed by atoms with Crippen LogP contribution in [-0.4, -0.2) is 38.6 Å². The number of ether oxygens (including phenoxy) is 1. The van der Waals surface area contributed by atoms with Crippen LogP contribution in [0.3, 0.4) is 0 Å². The van der Waals surface area contributed by atoms with Gasteiger partial charge < -0.3 is 15.0 Å². The summed E-state index contributed by atoms with van der Waals surface area (Å²) in [7, 11) is 5.41. The Morgan fingerprint density at radius 1 is 1.30 bits per heavy atom. The minimum Gasteiger partial charge on any atom is -0.494 e. The molecule has 0 saturated heterocycles. The van der Waals surface area contributed by atoms with E-state index in [-0.39, 0.29) is 23.3 Å². The Labute approximate surface area is 150 Å². The van der Waals surface area contributed by atoms with Gasteiger partial charge in [0.25, 0.3) is 5.91 Å². The van der Waals surface area contributed by atoms with Gasteiger partial charge in [0.15, 0.2) is 5.75 Å². The van der Waals surface area contributed by atoms with Crippen molar-refractivity contribution in [2.45, 2.75) is 6.04 Å². The van der Waals surface area contributed by atoms with Crippen LogP contribution in [0.2, 0.25) is 10.0 Å². The van der Waals surface area contributed by atoms with Gasteiger partial charge in [0.1, 0.15) is 5.56 Å². The van der Waals surface area contributed by atoms with E-state index in [1.807, 2.05) is 25.5 Å². The second kappa shape index (κ2) is 8.02. The average Bonchev–Trinajstić information content (AvgIpc) is 3.02. The molecule has 1 N–H and O–H groups in total. The van der Waals surface area contributed by atoms with Gasteiger partial charge in [-0.05, 0) is 37.7 Å². The Morgan fingerprint density at radius 3 is 2.57 bits per heavy atom. The molecule has 0 aliphatic rings. The maximum absolute atomic E-state index is 12.5. The molecule has 2 rings (SSSR count). The molecule has 4 nitrogen and oxygen atoms in total. The van der Waals surface area contributed by atoms with Crippen molar-refractivity contribution in [2.24, 2.45) is 0 Å². The van der Waals surface area contributed by atoms with E-state index in [0.717, 1.165) is 0 Å². The van der Waals surface area contributed by atoms with E-state index in [0.29, 0.717) is 16.6 Å². The lowest BCUT2D eigenvalue weighted by atomic mass is 10.1. The van der Waals surface area contributed by atoms with Crippen LogP contribution in [0.4, 0.5) is 0 Å². The fraction of sp³-hybridized carbons (Fsp3) is 0.312. The van der Waals surface area contributed by atoms with E-state index >= 15 is 0 Å². The monoisotopic (exact) mass is 372 g/mol. The molecule has 1 unspecified atom stereocenters. The number of rotatable bonds is 6. The number of hydrogen-bond acceptors (Lipinski definition) is 4. The lowest BCUT2D eigenvalue weighted by Gasteiger charge is -2.24. The van der Waals surface area contributed by atoms with Gasteiger partial charge in [-0.25, -0.2) is 0 Å². The lowest BCUT2D eigenvalue weighted by Crippen LogP contribution is -2.34. The Hall–Kier alpha value is -1.27. The third-order valence-electron chi connectivity index (χ3n) is 3.44. The third-order valence-corrected chi connectivity index (χ3v) is 5.03. The minimum atomic E-state index is -0.308. The predicted octanol–water partition coefficient (Wildman–Crippen LogP) is 4.10. The molecule has 23 heavy (non-hydrogen) atoms. The van der Waals surface area contributed by atoms with Crippen molar-refractivity contribution in [3.05, 3.63) is 50.1 Å². The highest BCUT2D eigenvalue weighted by Crippen LogP contribution is 2.33. The SMILES string of the molecule is COc1c(Cl)ccc(Cl)c1C(=O)NCC(c1cccs1)N(C)C. The van der Waals surface area contributed by atoms with Crippen molar-refractivity contribution in [3.63, 3.8) is 0 Å². The van der Waals surface area contributed by atoms with Crippen LogP contribution in [-0.2, 0) is 0 Å². The Bertz CT molecular complexity index is 675. The molecule has 0 fully saturated rings. The number of carbonyl (C=O) groups is 1. The lowest BCUT2D eigenvalue weighted by molar-refractivity contribution is 0.0939. The summed E-state index contributed by atoms with van der Waals surface area (Å²) < 4.78 is 5.22. The van der Waals surface area contributed by atoms with E-state index in [1.165, 1.54) is 12.0 Å². The molecule has 1 atom stereocenters. The molecule has 2 aromatic rings. The number of halogens is 2. The molecule has 1 heterocycles. The molecule has 0 spiro atoms. The van der Waals surface area contributed by atoms with E-state index in [9.17, 15) is 4.79 Å². The first-order valence-corrected chi connectivity index (χ1v) is 8.59. The van der Waals surface area contributed by atoms with Gasteiger partial charge in [0.2, 0.25) is 0 Å². The van der Waals surface area contributed by atoms with E-state index in [4.69, 9.17) is 27.9 Å². The van der Waals surface area contributed by atoms with Gasteiger partial charge in [-0.1, -0.05) is 29.3 Å². The Kier molecular flexibility index (Phi) is 6.30. The standard InChI is InChI=1S/C16H18Cl2N2O2S/c1-20(2)12(13-5-4-8-23-13)9-19-16(21)14-10(17)6-7-11(18)15(14)22-3/h4-8,12H,9H2,1-3H3,(H,19,21). The van der Waals surface area contributed by atoms with Crippen molar-refractivity contribution in [1.29, 1.82) is 0 Å². The quantitative estimate of drug-likeness (QED) is 0.829. The summed E-state index contributed by atoms with van der Waals surface area (Å²) in [6.45, 7) is 0.457. The number of carbonyl (C=O) groups excluding carboxylic acids is 1. The fourth-order valence-electron chi connectivity index (χ4n) is 2.24. The van der Waals surface area contributed by atoms with Crippen LogP contribution in [0.25, 0.3) is 0 Å². The summed E-state index contributed by atoms with van der Waals surface area (Å²) in [6.07, 6.45) is 0. The fourth-order valence-corrected chi connectivity index (χ4v) is 3.63. The highest BCUT2D eigenvalue weighted by atomic mass is 35.5. The van der Waals surface area contributed by atoms with Crippen molar-refractivity contribution < 1.29 is 9.53 Å². The first-order valence-electron chi connectivity index (χ1n) is 6.95. The molecule has 0 aliphatic carbocycles. The summed E-state index contributed by atoms with van der Waals surface area (Å²) in [5.74, 6) is -0.0213. The Morgan fingerprint density at radius 2 is 2.00 bits per heavy atom. The normalized spacial score (nSPS) is 12.3. The predicted molar refractivity (Wildman–Crippen MR) is 96.1 cm³/mol. The minimum absolute atomic E-state index is 0.0860. The maximum Gasteiger partial charge on any atom is 0.256 e. The molecule has 1 aromatic heterocycles. The molecule has 124 valence electrons. The van der Waals surface area contributed by atoms with E-state index < -0.39 is 0 Å². The number of hydrogen-bond donors (Lipinski definition) is 1. The van der Waals surface area contributed by atoms with Gasteiger partial charge >= 0.3 is 0 Å². The van der Waals surface area contributed by atoms with Crippen LogP contribution in [0, 0.1) is 0 Å². The highest BCUT2D eigenvalue weighted by Gasteiger charge is 2.22. The van der Waals surface area contributed by atoms with Gasteiger partial charge in [0.05, 0.1) is 23.2 Å². The van der Waals surface area contributed by atoms with Crippen molar-refractivity contribution in [1.82, 2.24) is 10.2 Å². The highest BCUT2D eigenvalue weighted by molar-refractivity contribution is 7.10. The Balaban J connectivity index is 2.18. The first-order chi connectivity index (χ1) is 11.0.